The zero-order valence-electron chi connectivity index (χ0n) is 19.6. The molecule has 2 atom stereocenters. The number of carbonyl (C=O) groups excluding carboxylic acids is 1. The number of rotatable bonds is 5. The van der Waals surface area contributed by atoms with Gasteiger partial charge in [0.2, 0.25) is 5.88 Å². The number of methoxy groups -OCH3 is 1. The highest BCUT2D eigenvalue weighted by Gasteiger charge is 2.33. The van der Waals surface area contributed by atoms with E-state index in [-0.39, 0.29) is 11.7 Å². The third kappa shape index (κ3) is 4.42. The molecule has 178 valence electrons. The number of anilines is 1. The highest BCUT2D eigenvalue weighted by Crippen LogP contribution is 2.39. The highest BCUT2D eigenvalue weighted by molar-refractivity contribution is 5.92. The summed E-state index contributed by atoms with van der Waals surface area (Å²) in [6.45, 7) is 3.89. The predicted molar refractivity (Wildman–Crippen MR) is 130 cm³/mol. The lowest BCUT2D eigenvalue weighted by Crippen LogP contribution is -2.49. The van der Waals surface area contributed by atoms with Crippen molar-refractivity contribution in [3.05, 3.63) is 59.8 Å². The molecule has 5 rings (SSSR count). The van der Waals surface area contributed by atoms with Crippen molar-refractivity contribution in [2.75, 3.05) is 45.2 Å². The lowest BCUT2D eigenvalue weighted by atomic mass is 10.00. The van der Waals surface area contributed by atoms with E-state index < -0.39 is 0 Å². The van der Waals surface area contributed by atoms with Crippen LogP contribution in [0.4, 0.5) is 10.1 Å². The first-order valence-corrected chi connectivity index (χ1v) is 11.9. The second-order valence-electron chi connectivity index (χ2n) is 9.09. The molecular formula is C26H30FN5O2. The van der Waals surface area contributed by atoms with Crippen LogP contribution < -0.4 is 15.0 Å². The van der Waals surface area contributed by atoms with Crippen molar-refractivity contribution in [2.24, 2.45) is 0 Å². The van der Waals surface area contributed by atoms with Gasteiger partial charge in [-0.1, -0.05) is 6.07 Å². The van der Waals surface area contributed by atoms with E-state index in [9.17, 15) is 9.18 Å². The summed E-state index contributed by atoms with van der Waals surface area (Å²) in [4.78, 5) is 25.7. The molecule has 7 nitrogen and oxygen atoms in total. The molecule has 1 saturated heterocycles. The van der Waals surface area contributed by atoms with Gasteiger partial charge in [-0.3, -0.25) is 9.69 Å². The van der Waals surface area contributed by atoms with Crippen LogP contribution in [0.15, 0.2) is 42.6 Å². The van der Waals surface area contributed by atoms with E-state index in [0.29, 0.717) is 23.5 Å². The van der Waals surface area contributed by atoms with Crippen molar-refractivity contribution in [3.63, 3.8) is 0 Å². The van der Waals surface area contributed by atoms with Gasteiger partial charge in [0, 0.05) is 56.3 Å². The number of pyridine rings is 2. The number of hydrogen-bond donors (Lipinski definition) is 1. The Morgan fingerprint density at radius 3 is 2.65 bits per heavy atom. The molecule has 1 N–H and O–H groups in total. The first kappa shape index (κ1) is 22.5. The van der Waals surface area contributed by atoms with Crippen LogP contribution in [0.5, 0.6) is 5.88 Å². The number of carbonyl (C=O) groups is 1. The molecule has 8 heteroatoms. The van der Waals surface area contributed by atoms with Gasteiger partial charge in [0.15, 0.2) is 0 Å². The molecular weight excluding hydrogens is 433 g/mol. The zero-order chi connectivity index (χ0) is 23.7. The van der Waals surface area contributed by atoms with E-state index in [1.54, 1.807) is 32.5 Å². The lowest BCUT2D eigenvalue weighted by Gasteiger charge is -2.39. The number of amides is 1. The van der Waals surface area contributed by atoms with Gasteiger partial charge in [0.05, 0.1) is 19.0 Å². The lowest BCUT2D eigenvalue weighted by molar-refractivity contribution is 0.0958. The zero-order valence-corrected chi connectivity index (χ0v) is 19.6. The second kappa shape index (κ2) is 9.54. The fourth-order valence-electron chi connectivity index (χ4n) is 5.31. The molecule has 2 aliphatic rings. The van der Waals surface area contributed by atoms with E-state index in [1.807, 2.05) is 6.07 Å². The molecule has 0 radical (unpaired) electrons. The van der Waals surface area contributed by atoms with Crippen LogP contribution in [0.3, 0.4) is 0 Å². The molecule has 2 fully saturated rings. The van der Waals surface area contributed by atoms with Crippen LogP contribution in [0, 0.1) is 5.82 Å². The number of piperazine rings is 1. The minimum absolute atomic E-state index is 0.169. The Hall–Kier alpha value is -3.26. The van der Waals surface area contributed by atoms with Crippen LogP contribution >= 0.6 is 0 Å². The van der Waals surface area contributed by atoms with E-state index in [2.05, 4.69) is 26.2 Å². The number of hydrogen-bond acceptors (Lipinski definition) is 6. The summed E-state index contributed by atoms with van der Waals surface area (Å²) in [5, 5.41) is 4.29. The third-order valence-electron chi connectivity index (χ3n) is 7.20. The molecule has 3 heterocycles. The minimum Gasteiger partial charge on any atom is -0.481 e. The minimum atomic E-state index is -0.279. The Morgan fingerprint density at radius 2 is 1.94 bits per heavy atom. The fourth-order valence-corrected chi connectivity index (χ4v) is 5.31. The molecule has 2 unspecified atom stereocenters. The van der Waals surface area contributed by atoms with Crippen LogP contribution in [0.2, 0.25) is 0 Å². The normalized spacial score (nSPS) is 21.1. The average molecular weight is 464 g/mol. The number of aromatic nitrogens is 2. The number of nitrogens with zero attached hydrogens (tertiary/aromatic N) is 4. The maximum absolute atomic E-state index is 13.7. The Bertz CT molecular complexity index is 1180. The molecule has 34 heavy (non-hydrogen) atoms. The highest BCUT2D eigenvalue weighted by atomic mass is 19.1. The van der Waals surface area contributed by atoms with Crippen LogP contribution in [-0.4, -0.2) is 67.2 Å². The van der Waals surface area contributed by atoms with Gasteiger partial charge in [-0.2, -0.15) is 0 Å². The maximum Gasteiger partial charge on any atom is 0.269 e. The molecule has 1 amide bonds. The van der Waals surface area contributed by atoms with Gasteiger partial charge in [-0.05, 0) is 55.0 Å². The molecule has 0 bridgehead atoms. The van der Waals surface area contributed by atoms with Crippen molar-refractivity contribution >= 4 is 22.4 Å². The van der Waals surface area contributed by atoms with Gasteiger partial charge in [-0.25, -0.2) is 14.4 Å². The van der Waals surface area contributed by atoms with Gasteiger partial charge >= 0.3 is 0 Å². The molecule has 1 saturated carbocycles. The number of fused-ring (bicyclic) bond motifs is 1. The molecule has 1 aromatic carbocycles. The Morgan fingerprint density at radius 1 is 1.12 bits per heavy atom. The van der Waals surface area contributed by atoms with Crippen molar-refractivity contribution in [1.29, 1.82) is 0 Å². The maximum atomic E-state index is 13.7. The molecule has 0 spiro atoms. The van der Waals surface area contributed by atoms with Gasteiger partial charge < -0.3 is 15.0 Å². The Balaban J connectivity index is 1.22. The topological polar surface area (TPSA) is 70.6 Å². The molecule has 3 aromatic rings. The summed E-state index contributed by atoms with van der Waals surface area (Å²) >= 11 is 0. The van der Waals surface area contributed by atoms with Crippen molar-refractivity contribution < 1.29 is 13.9 Å². The van der Waals surface area contributed by atoms with E-state index in [4.69, 9.17) is 9.72 Å². The van der Waals surface area contributed by atoms with Gasteiger partial charge in [-0.15, -0.1) is 0 Å². The van der Waals surface area contributed by atoms with Gasteiger partial charge in [0.25, 0.3) is 5.91 Å². The van der Waals surface area contributed by atoms with Crippen LogP contribution in [0.25, 0.3) is 10.8 Å². The van der Waals surface area contributed by atoms with Crippen molar-refractivity contribution in [2.45, 2.75) is 31.2 Å². The molecule has 1 aliphatic heterocycles. The summed E-state index contributed by atoms with van der Waals surface area (Å²) in [5.74, 6) is 0.435. The number of benzene rings is 1. The Kier molecular flexibility index (Phi) is 6.32. The monoisotopic (exact) mass is 463 g/mol. The third-order valence-corrected chi connectivity index (χ3v) is 7.20. The number of halogens is 1. The van der Waals surface area contributed by atoms with E-state index >= 15 is 0 Å². The smallest absolute Gasteiger partial charge is 0.269 e. The summed E-state index contributed by atoms with van der Waals surface area (Å²) in [6.07, 6.45) is 5.11. The number of ether oxygens (including phenoxy) is 1. The predicted octanol–water partition coefficient (Wildman–Crippen LogP) is 3.60. The first-order valence-electron chi connectivity index (χ1n) is 11.9. The number of nitrogens with one attached hydrogen (secondary N) is 1. The van der Waals surface area contributed by atoms with Crippen molar-refractivity contribution in [1.82, 2.24) is 20.2 Å². The summed E-state index contributed by atoms with van der Waals surface area (Å²) < 4.78 is 19.2. The Labute approximate surface area is 198 Å². The first-order chi connectivity index (χ1) is 16.6. The fraction of sp³-hybridized carbons (Fsp3) is 0.423. The summed E-state index contributed by atoms with van der Waals surface area (Å²) in [5.41, 5.74) is 2.53. The second-order valence-corrected chi connectivity index (χ2v) is 9.09. The van der Waals surface area contributed by atoms with E-state index in [1.165, 1.54) is 12.1 Å². The average Bonchev–Trinajstić information content (AvgIpc) is 3.38. The SMILES string of the molecule is CNC(=O)c1ccc(N2CCN(C3CCC(c4cc5ccc(F)cc5c(OC)n4)C3)CC2)cn1. The standard InChI is InChI=1S/C26H30FN5O2/c1-28-25(33)23-8-7-21(16-29-23)32-11-9-31(10-12-32)20-6-4-18(13-20)24-14-17-3-5-19(27)15-22(17)26(30-24)34-2/h3,5,7-8,14-16,18,20H,4,6,9-13H2,1-2H3,(H,28,33). The van der Waals surface area contributed by atoms with Gasteiger partial charge in [0.1, 0.15) is 11.5 Å². The molecule has 2 aromatic heterocycles. The quantitative estimate of drug-likeness (QED) is 0.624. The summed E-state index contributed by atoms with van der Waals surface area (Å²) in [7, 11) is 3.20. The van der Waals surface area contributed by atoms with Crippen LogP contribution in [-0.2, 0) is 0 Å². The summed E-state index contributed by atoms with van der Waals surface area (Å²) in [6, 6.07) is 11.2. The van der Waals surface area contributed by atoms with Crippen LogP contribution in [0.1, 0.15) is 41.4 Å². The largest absolute Gasteiger partial charge is 0.481 e. The van der Waals surface area contributed by atoms with Crippen molar-refractivity contribution in [3.8, 4) is 5.88 Å². The molecule has 1 aliphatic carbocycles. The van der Waals surface area contributed by atoms with E-state index in [0.717, 1.165) is 67.6 Å².